The first kappa shape index (κ1) is 12.6. The fourth-order valence-corrected chi connectivity index (χ4v) is 2.58. The molecule has 3 N–H and O–H groups in total. The van der Waals surface area contributed by atoms with Gasteiger partial charge in [-0.3, -0.25) is 4.79 Å². The molecule has 2 aromatic rings. The molecule has 1 heterocycles. The third kappa shape index (κ3) is 2.51. The average Bonchev–Trinajstić information content (AvgIpc) is 2.57. The Labute approximate surface area is 110 Å². The van der Waals surface area contributed by atoms with Gasteiger partial charge in [-0.25, -0.2) is 4.98 Å². The molecular formula is C13H15N3OS. The normalized spacial score (nSPS) is 10.4. The smallest absolute Gasteiger partial charge is 0.221 e. The molecule has 0 fully saturated rings. The fourth-order valence-electron chi connectivity index (χ4n) is 1.88. The third-order valence-corrected chi connectivity index (χ3v) is 3.41. The van der Waals surface area contributed by atoms with Gasteiger partial charge in [-0.2, -0.15) is 0 Å². The van der Waals surface area contributed by atoms with Crippen LogP contribution in [0.4, 0.5) is 10.8 Å². The number of thiazole rings is 1. The highest BCUT2D eigenvalue weighted by molar-refractivity contribution is 7.15. The number of anilines is 2. The Morgan fingerprint density at radius 3 is 2.61 bits per heavy atom. The minimum atomic E-state index is -0.0729. The molecule has 0 aliphatic carbocycles. The van der Waals surface area contributed by atoms with Gasteiger partial charge in [0.25, 0.3) is 0 Å². The summed E-state index contributed by atoms with van der Waals surface area (Å²) in [6.07, 6.45) is 0. The highest BCUT2D eigenvalue weighted by atomic mass is 32.1. The van der Waals surface area contributed by atoms with Crippen molar-refractivity contribution in [2.75, 3.05) is 11.1 Å². The Balaban J connectivity index is 2.41. The quantitative estimate of drug-likeness (QED) is 0.873. The van der Waals surface area contributed by atoms with Crippen molar-refractivity contribution < 1.29 is 4.79 Å². The Bertz CT molecular complexity index is 604. The number of carbonyl (C=O) groups excluding carboxylic acids is 1. The van der Waals surface area contributed by atoms with E-state index in [-0.39, 0.29) is 5.91 Å². The lowest BCUT2D eigenvalue weighted by atomic mass is 10.0. The summed E-state index contributed by atoms with van der Waals surface area (Å²) < 4.78 is 0. The molecule has 0 spiro atoms. The van der Waals surface area contributed by atoms with Gasteiger partial charge in [0.15, 0.2) is 5.13 Å². The second-order valence-corrected chi connectivity index (χ2v) is 5.40. The van der Waals surface area contributed by atoms with Gasteiger partial charge in [-0.1, -0.05) is 6.07 Å². The van der Waals surface area contributed by atoms with Gasteiger partial charge in [0, 0.05) is 23.1 Å². The van der Waals surface area contributed by atoms with Crippen LogP contribution in [0.5, 0.6) is 0 Å². The van der Waals surface area contributed by atoms with E-state index in [4.69, 9.17) is 5.73 Å². The first-order valence-electron chi connectivity index (χ1n) is 5.59. The number of aromatic nitrogens is 1. The molecule has 0 atom stereocenters. The highest BCUT2D eigenvalue weighted by Gasteiger charge is 2.11. The summed E-state index contributed by atoms with van der Waals surface area (Å²) in [5.41, 5.74) is 9.54. The summed E-state index contributed by atoms with van der Waals surface area (Å²) in [6, 6.07) is 5.77. The molecule has 0 saturated heterocycles. The maximum absolute atomic E-state index is 11.0. The van der Waals surface area contributed by atoms with E-state index in [1.54, 1.807) is 0 Å². The molecule has 1 aromatic carbocycles. The number of carbonyl (C=O) groups is 1. The molecule has 0 radical (unpaired) electrons. The van der Waals surface area contributed by atoms with E-state index in [1.807, 2.05) is 32.0 Å². The number of amides is 1. The van der Waals surface area contributed by atoms with Crippen molar-refractivity contribution in [2.24, 2.45) is 0 Å². The summed E-state index contributed by atoms with van der Waals surface area (Å²) in [5, 5.41) is 3.34. The predicted octanol–water partition coefficient (Wildman–Crippen LogP) is 2.97. The summed E-state index contributed by atoms with van der Waals surface area (Å²) in [7, 11) is 0. The minimum Gasteiger partial charge on any atom is -0.375 e. The van der Waals surface area contributed by atoms with Crippen molar-refractivity contribution in [3.63, 3.8) is 0 Å². The second kappa shape index (κ2) is 4.78. The number of aryl methyl sites for hydroxylation is 2. The summed E-state index contributed by atoms with van der Waals surface area (Å²) in [5.74, 6) is -0.0729. The van der Waals surface area contributed by atoms with Crippen LogP contribution in [0.1, 0.15) is 17.4 Å². The highest BCUT2D eigenvalue weighted by Crippen LogP contribution is 2.31. The van der Waals surface area contributed by atoms with E-state index in [1.165, 1.54) is 18.3 Å². The number of nitrogens with two attached hydrogens (primary N) is 1. The lowest BCUT2D eigenvalue weighted by molar-refractivity contribution is -0.114. The van der Waals surface area contributed by atoms with Crippen LogP contribution in [0.25, 0.3) is 11.3 Å². The van der Waals surface area contributed by atoms with Crippen LogP contribution in [-0.4, -0.2) is 10.9 Å². The zero-order chi connectivity index (χ0) is 13.3. The first-order chi connectivity index (χ1) is 8.47. The molecular weight excluding hydrogens is 246 g/mol. The largest absolute Gasteiger partial charge is 0.375 e. The molecule has 0 unspecified atom stereocenters. The van der Waals surface area contributed by atoms with Gasteiger partial charge in [-0.15, -0.1) is 11.3 Å². The lowest BCUT2D eigenvalue weighted by Crippen LogP contribution is -2.05. The van der Waals surface area contributed by atoms with Crippen LogP contribution in [0.15, 0.2) is 18.2 Å². The fraction of sp³-hybridized carbons (Fsp3) is 0.231. The van der Waals surface area contributed by atoms with E-state index in [0.29, 0.717) is 5.13 Å². The van der Waals surface area contributed by atoms with Crippen LogP contribution in [-0.2, 0) is 4.79 Å². The monoisotopic (exact) mass is 261 g/mol. The van der Waals surface area contributed by atoms with Crippen LogP contribution in [0, 0.1) is 13.8 Å². The number of rotatable bonds is 2. The molecule has 0 bridgehead atoms. The Morgan fingerprint density at radius 2 is 2.11 bits per heavy atom. The van der Waals surface area contributed by atoms with E-state index in [2.05, 4.69) is 10.3 Å². The summed E-state index contributed by atoms with van der Waals surface area (Å²) in [6.45, 7) is 5.49. The number of hydrogen-bond donors (Lipinski definition) is 2. The summed E-state index contributed by atoms with van der Waals surface area (Å²) >= 11 is 1.48. The van der Waals surface area contributed by atoms with Crippen molar-refractivity contribution in [2.45, 2.75) is 20.8 Å². The third-order valence-electron chi connectivity index (χ3n) is 2.62. The maximum Gasteiger partial charge on any atom is 0.221 e. The van der Waals surface area contributed by atoms with Crippen LogP contribution < -0.4 is 11.1 Å². The number of nitrogen functional groups attached to an aromatic ring is 1. The maximum atomic E-state index is 11.0. The van der Waals surface area contributed by atoms with E-state index >= 15 is 0 Å². The minimum absolute atomic E-state index is 0.0729. The van der Waals surface area contributed by atoms with E-state index in [0.717, 1.165) is 27.4 Å². The van der Waals surface area contributed by atoms with Gasteiger partial charge < -0.3 is 11.1 Å². The van der Waals surface area contributed by atoms with Crippen molar-refractivity contribution in [1.82, 2.24) is 4.98 Å². The van der Waals surface area contributed by atoms with Gasteiger partial charge in [0.1, 0.15) is 0 Å². The van der Waals surface area contributed by atoms with Crippen molar-refractivity contribution in [3.05, 3.63) is 28.6 Å². The molecule has 0 aliphatic heterocycles. The van der Waals surface area contributed by atoms with Crippen LogP contribution in [0.3, 0.4) is 0 Å². The molecule has 0 aliphatic rings. The Morgan fingerprint density at radius 1 is 1.39 bits per heavy atom. The van der Waals surface area contributed by atoms with Crippen molar-refractivity contribution in [1.29, 1.82) is 0 Å². The molecule has 4 nitrogen and oxygen atoms in total. The average molecular weight is 261 g/mol. The van der Waals surface area contributed by atoms with E-state index in [9.17, 15) is 4.79 Å². The van der Waals surface area contributed by atoms with Gasteiger partial charge in [-0.05, 0) is 31.5 Å². The van der Waals surface area contributed by atoms with Crippen LogP contribution >= 0.6 is 11.3 Å². The van der Waals surface area contributed by atoms with Gasteiger partial charge in [0.05, 0.1) is 5.69 Å². The Hall–Kier alpha value is -1.88. The zero-order valence-corrected chi connectivity index (χ0v) is 11.4. The topological polar surface area (TPSA) is 68.0 Å². The molecule has 94 valence electrons. The molecule has 5 heteroatoms. The van der Waals surface area contributed by atoms with E-state index < -0.39 is 0 Å². The lowest BCUT2D eigenvalue weighted by Gasteiger charge is -2.08. The number of nitrogens with one attached hydrogen (secondary N) is 1. The van der Waals surface area contributed by atoms with Gasteiger partial charge >= 0.3 is 0 Å². The predicted molar refractivity (Wildman–Crippen MR) is 75.7 cm³/mol. The molecule has 2 rings (SSSR count). The van der Waals surface area contributed by atoms with Gasteiger partial charge in [0.2, 0.25) is 5.91 Å². The summed E-state index contributed by atoms with van der Waals surface area (Å²) in [4.78, 5) is 16.4. The zero-order valence-electron chi connectivity index (χ0n) is 10.6. The Kier molecular flexibility index (Phi) is 3.34. The van der Waals surface area contributed by atoms with Crippen molar-refractivity contribution >= 4 is 28.1 Å². The number of hydrogen-bond acceptors (Lipinski definition) is 4. The standard InChI is InChI=1S/C13H15N3OS/c1-7-6-10(15-9(3)17)4-5-11(7)12-8(2)18-13(14)16-12/h4-6H,1-3H3,(H2,14,16)(H,15,17). The second-order valence-electron chi connectivity index (χ2n) is 4.17. The SMILES string of the molecule is CC(=O)Nc1ccc(-c2nc(N)sc2C)c(C)c1. The molecule has 18 heavy (non-hydrogen) atoms. The molecule has 0 saturated carbocycles. The number of benzene rings is 1. The van der Waals surface area contributed by atoms with Crippen LogP contribution in [0.2, 0.25) is 0 Å². The van der Waals surface area contributed by atoms with Crippen molar-refractivity contribution in [3.8, 4) is 11.3 Å². The molecule has 1 aromatic heterocycles. The first-order valence-corrected chi connectivity index (χ1v) is 6.40. The number of nitrogens with zero attached hydrogens (tertiary/aromatic N) is 1. The molecule has 1 amide bonds.